The van der Waals surface area contributed by atoms with E-state index in [-0.39, 0.29) is 29.9 Å². The predicted molar refractivity (Wildman–Crippen MR) is 113 cm³/mol. The first-order valence-electron chi connectivity index (χ1n) is 10.7. The summed E-state index contributed by atoms with van der Waals surface area (Å²) in [5.41, 5.74) is 3.25. The number of hydrogen-bond acceptors (Lipinski definition) is 5. The van der Waals surface area contributed by atoms with E-state index in [9.17, 15) is 18.0 Å². The molecule has 1 aliphatic carbocycles. The van der Waals surface area contributed by atoms with Crippen LogP contribution in [0.3, 0.4) is 0 Å². The van der Waals surface area contributed by atoms with Crippen LogP contribution < -0.4 is 4.90 Å². The van der Waals surface area contributed by atoms with Crippen molar-refractivity contribution in [2.75, 3.05) is 31.6 Å². The van der Waals surface area contributed by atoms with Gasteiger partial charge in [0.2, 0.25) is 10.0 Å². The highest BCUT2D eigenvalue weighted by molar-refractivity contribution is 7.89. The van der Waals surface area contributed by atoms with Gasteiger partial charge < -0.3 is 9.64 Å². The van der Waals surface area contributed by atoms with Crippen molar-refractivity contribution in [3.8, 4) is 0 Å². The largest absolute Gasteiger partial charge is 0.466 e. The van der Waals surface area contributed by atoms with E-state index in [1.807, 2.05) is 0 Å². The maximum Gasteiger partial charge on any atom is 0.310 e. The van der Waals surface area contributed by atoms with Crippen LogP contribution in [-0.2, 0) is 24.3 Å². The third kappa shape index (κ3) is 3.56. The number of nitrogens with zero attached hydrogens (tertiary/aromatic N) is 2. The Balaban J connectivity index is 1.67. The Morgan fingerprint density at radius 2 is 1.93 bits per heavy atom. The summed E-state index contributed by atoms with van der Waals surface area (Å²) >= 11 is 0. The number of sulfonamides is 1. The lowest BCUT2D eigenvalue weighted by molar-refractivity contribution is -0.149. The van der Waals surface area contributed by atoms with Crippen molar-refractivity contribution in [3.63, 3.8) is 0 Å². The summed E-state index contributed by atoms with van der Waals surface area (Å²) in [7, 11) is -2.05. The third-order valence-electron chi connectivity index (χ3n) is 6.32. The van der Waals surface area contributed by atoms with Gasteiger partial charge in [-0.1, -0.05) is 5.57 Å². The SMILES string of the molecule is CCOC(=O)[C@@H]1CCCN(S(=O)(=O)c2ccc3c(c2)C(=C2CCCC2)C(=O)N3C)C1. The summed E-state index contributed by atoms with van der Waals surface area (Å²) in [6.07, 6.45) is 5.14. The maximum absolute atomic E-state index is 13.4. The van der Waals surface area contributed by atoms with E-state index in [0.717, 1.165) is 36.9 Å². The topological polar surface area (TPSA) is 84.0 Å². The Kier molecular flexibility index (Phi) is 5.72. The minimum atomic E-state index is -3.77. The van der Waals surface area contributed by atoms with Crippen molar-refractivity contribution in [2.45, 2.75) is 50.3 Å². The molecule has 3 aliphatic rings. The van der Waals surface area contributed by atoms with Gasteiger partial charge >= 0.3 is 5.97 Å². The molecule has 1 aromatic rings. The Morgan fingerprint density at radius 3 is 2.63 bits per heavy atom. The highest BCUT2D eigenvalue weighted by atomic mass is 32.2. The van der Waals surface area contributed by atoms with E-state index in [1.54, 1.807) is 37.1 Å². The summed E-state index contributed by atoms with van der Waals surface area (Å²) < 4.78 is 33.2. The molecule has 2 fully saturated rings. The number of amides is 1. The van der Waals surface area contributed by atoms with Gasteiger partial charge in [-0.25, -0.2) is 8.42 Å². The highest BCUT2D eigenvalue weighted by Crippen LogP contribution is 2.43. The fourth-order valence-electron chi connectivity index (χ4n) is 4.72. The first-order valence-corrected chi connectivity index (χ1v) is 12.1. The third-order valence-corrected chi connectivity index (χ3v) is 8.18. The van der Waals surface area contributed by atoms with E-state index in [2.05, 4.69) is 0 Å². The lowest BCUT2D eigenvalue weighted by Crippen LogP contribution is -2.42. The molecule has 8 heteroatoms. The molecule has 0 aromatic heterocycles. The number of likely N-dealkylation sites (N-methyl/N-ethyl adjacent to an activating group) is 1. The first-order chi connectivity index (χ1) is 14.3. The quantitative estimate of drug-likeness (QED) is 0.540. The van der Waals surface area contributed by atoms with Crippen molar-refractivity contribution in [1.29, 1.82) is 0 Å². The average Bonchev–Trinajstić information content (AvgIpc) is 3.35. The molecule has 0 unspecified atom stereocenters. The van der Waals surface area contributed by atoms with Gasteiger partial charge in [-0.2, -0.15) is 4.31 Å². The molecule has 7 nitrogen and oxygen atoms in total. The first kappa shape index (κ1) is 21.1. The number of allylic oxidation sites excluding steroid dienone is 1. The molecule has 1 saturated carbocycles. The van der Waals surface area contributed by atoms with Gasteiger partial charge in [0.1, 0.15) is 0 Å². The summed E-state index contributed by atoms with van der Waals surface area (Å²) in [5, 5.41) is 0. The molecule has 2 aliphatic heterocycles. The second kappa shape index (κ2) is 8.15. The summed E-state index contributed by atoms with van der Waals surface area (Å²) in [4.78, 5) is 26.8. The molecule has 1 amide bonds. The number of fused-ring (bicyclic) bond motifs is 1. The minimum Gasteiger partial charge on any atom is -0.466 e. The number of carbonyl (C=O) groups excluding carboxylic acids is 2. The van der Waals surface area contributed by atoms with E-state index < -0.39 is 15.9 Å². The van der Waals surface area contributed by atoms with E-state index in [0.29, 0.717) is 30.5 Å². The maximum atomic E-state index is 13.4. The molecule has 4 rings (SSSR count). The van der Waals surface area contributed by atoms with Crippen molar-refractivity contribution < 1.29 is 22.7 Å². The van der Waals surface area contributed by atoms with Gasteiger partial charge in [-0.15, -0.1) is 0 Å². The Morgan fingerprint density at radius 1 is 1.20 bits per heavy atom. The highest BCUT2D eigenvalue weighted by Gasteiger charge is 2.37. The average molecular weight is 433 g/mol. The summed E-state index contributed by atoms with van der Waals surface area (Å²) in [6, 6.07) is 4.92. The zero-order valence-electron chi connectivity index (χ0n) is 17.5. The van der Waals surface area contributed by atoms with Crippen molar-refractivity contribution >= 4 is 33.2 Å². The number of hydrogen-bond donors (Lipinski definition) is 0. The van der Waals surface area contributed by atoms with Crippen molar-refractivity contribution in [2.24, 2.45) is 5.92 Å². The second-order valence-electron chi connectivity index (χ2n) is 8.18. The zero-order valence-corrected chi connectivity index (χ0v) is 18.3. The van der Waals surface area contributed by atoms with Crippen molar-refractivity contribution in [3.05, 3.63) is 29.3 Å². The minimum absolute atomic E-state index is 0.0585. The number of piperidine rings is 1. The molecular weight excluding hydrogens is 404 g/mol. The van der Waals surface area contributed by atoms with Gasteiger partial charge in [0.05, 0.1) is 23.1 Å². The van der Waals surface area contributed by atoms with Gasteiger partial charge in [-0.3, -0.25) is 9.59 Å². The molecule has 0 radical (unpaired) electrons. The number of rotatable bonds is 4. The van der Waals surface area contributed by atoms with Gasteiger partial charge in [0.25, 0.3) is 5.91 Å². The molecule has 1 atom stereocenters. The Hall–Kier alpha value is -2.19. The van der Waals surface area contributed by atoms with Crippen LogP contribution in [0.25, 0.3) is 5.57 Å². The van der Waals surface area contributed by atoms with Crippen LogP contribution >= 0.6 is 0 Å². The fraction of sp³-hybridized carbons (Fsp3) is 0.545. The van der Waals surface area contributed by atoms with Crippen LogP contribution in [0, 0.1) is 5.92 Å². The summed E-state index contributed by atoms with van der Waals surface area (Å²) in [6.45, 7) is 2.54. The van der Waals surface area contributed by atoms with Crippen LogP contribution in [0.5, 0.6) is 0 Å². The molecule has 1 aromatic carbocycles. The molecular formula is C22H28N2O5S. The standard InChI is InChI=1S/C22H28N2O5S/c1-3-29-22(26)16-9-6-12-24(14-16)30(27,28)17-10-11-19-18(13-17)20(21(25)23(19)2)15-7-4-5-8-15/h10-11,13,16H,3-9,12,14H2,1-2H3/t16-/m1/s1. The normalized spacial score (nSPS) is 22.5. The van der Waals surface area contributed by atoms with E-state index in [1.165, 1.54) is 4.31 Å². The van der Waals surface area contributed by atoms with Gasteiger partial charge in [-0.05, 0) is 63.6 Å². The molecule has 1 saturated heterocycles. The van der Waals surface area contributed by atoms with Gasteiger partial charge in [0, 0.05) is 31.3 Å². The lowest BCUT2D eigenvalue weighted by Gasteiger charge is -2.30. The number of esters is 1. The lowest BCUT2D eigenvalue weighted by atomic mass is 10.00. The molecule has 162 valence electrons. The fourth-order valence-corrected chi connectivity index (χ4v) is 6.27. The second-order valence-corrected chi connectivity index (χ2v) is 10.1. The van der Waals surface area contributed by atoms with Crippen LogP contribution in [0.2, 0.25) is 0 Å². The zero-order chi connectivity index (χ0) is 21.5. The molecule has 0 spiro atoms. The van der Waals surface area contributed by atoms with Crippen LogP contribution in [-0.4, -0.2) is 51.3 Å². The van der Waals surface area contributed by atoms with Crippen LogP contribution in [0.1, 0.15) is 51.0 Å². The number of ether oxygens (including phenoxy) is 1. The van der Waals surface area contributed by atoms with E-state index >= 15 is 0 Å². The van der Waals surface area contributed by atoms with Crippen molar-refractivity contribution in [1.82, 2.24) is 4.31 Å². The molecule has 0 N–H and O–H groups in total. The van der Waals surface area contributed by atoms with Gasteiger partial charge in [0.15, 0.2) is 0 Å². The molecule has 30 heavy (non-hydrogen) atoms. The predicted octanol–water partition coefficient (Wildman–Crippen LogP) is 2.95. The molecule has 0 bridgehead atoms. The summed E-state index contributed by atoms with van der Waals surface area (Å²) in [5.74, 6) is -0.838. The smallest absolute Gasteiger partial charge is 0.310 e. The number of carbonyl (C=O) groups is 2. The van der Waals surface area contributed by atoms with E-state index in [4.69, 9.17) is 4.74 Å². The van der Waals surface area contributed by atoms with Crippen LogP contribution in [0.4, 0.5) is 5.69 Å². The Labute approximate surface area is 177 Å². The molecule has 2 heterocycles. The Bertz CT molecular complexity index is 1010. The monoisotopic (exact) mass is 432 g/mol. The number of benzene rings is 1. The van der Waals surface area contributed by atoms with Crippen LogP contribution in [0.15, 0.2) is 28.7 Å². The number of anilines is 1.